The van der Waals surface area contributed by atoms with Gasteiger partial charge in [0.2, 0.25) is 5.91 Å². The summed E-state index contributed by atoms with van der Waals surface area (Å²) in [6, 6.07) is -0.769. The summed E-state index contributed by atoms with van der Waals surface area (Å²) >= 11 is 1.65. The second-order valence-corrected chi connectivity index (χ2v) is 5.24. The number of carboxylic acids is 1. The van der Waals surface area contributed by atoms with Crippen LogP contribution in [0, 0.1) is 0 Å². The van der Waals surface area contributed by atoms with E-state index < -0.39 is 12.0 Å². The third-order valence-electron chi connectivity index (χ3n) is 2.69. The average molecular weight is 276 g/mol. The van der Waals surface area contributed by atoms with Gasteiger partial charge in [-0.3, -0.25) is 9.59 Å². The molecule has 0 fully saturated rings. The second kappa shape index (κ2) is 10.2. The fraction of sp³-hybridized carbons (Fsp3) is 0.833. The van der Waals surface area contributed by atoms with Crippen molar-refractivity contribution in [2.24, 2.45) is 5.73 Å². The van der Waals surface area contributed by atoms with Gasteiger partial charge in [-0.1, -0.05) is 0 Å². The Bertz CT molecular complexity index is 258. The Balaban J connectivity index is 3.51. The van der Waals surface area contributed by atoms with Gasteiger partial charge in [0.25, 0.3) is 0 Å². The number of thioether (sulfide) groups is 1. The van der Waals surface area contributed by atoms with Gasteiger partial charge >= 0.3 is 5.97 Å². The van der Waals surface area contributed by atoms with Gasteiger partial charge in [-0.15, -0.1) is 0 Å². The maximum atomic E-state index is 11.7. The van der Waals surface area contributed by atoms with Crippen LogP contribution in [0.3, 0.4) is 0 Å². The zero-order valence-electron chi connectivity index (χ0n) is 11.2. The first-order valence-corrected chi connectivity index (χ1v) is 7.52. The number of hydrogen-bond donors (Lipinski definition) is 2. The molecule has 0 aliphatic carbocycles. The summed E-state index contributed by atoms with van der Waals surface area (Å²) in [4.78, 5) is 23.9. The molecule has 1 unspecified atom stereocenters. The molecule has 1 atom stereocenters. The van der Waals surface area contributed by atoms with E-state index in [1.54, 1.807) is 11.8 Å². The van der Waals surface area contributed by atoms with Gasteiger partial charge in [-0.05, 0) is 38.2 Å². The predicted octanol–water partition coefficient (Wildman–Crippen LogP) is 1.17. The van der Waals surface area contributed by atoms with Crippen molar-refractivity contribution in [3.8, 4) is 0 Å². The third kappa shape index (κ3) is 7.55. The molecular weight excluding hydrogens is 252 g/mol. The minimum atomic E-state index is -0.952. The fourth-order valence-corrected chi connectivity index (χ4v) is 2.47. The standard InChI is InChI=1S/C12H24N2O3S/c1-3-14(4-2)11(15)6-5-8-18-9-7-10(13)12(16)17/h10H,3-9,13H2,1-2H3,(H,16,17). The van der Waals surface area contributed by atoms with Crippen LogP contribution in [0.15, 0.2) is 0 Å². The van der Waals surface area contributed by atoms with Crippen LogP contribution in [0.5, 0.6) is 0 Å². The zero-order chi connectivity index (χ0) is 14.0. The van der Waals surface area contributed by atoms with Crippen molar-refractivity contribution < 1.29 is 14.7 Å². The molecule has 0 radical (unpaired) electrons. The van der Waals surface area contributed by atoms with Gasteiger partial charge in [-0.25, -0.2) is 0 Å². The van der Waals surface area contributed by atoms with Crippen LogP contribution < -0.4 is 5.73 Å². The molecule has 0 spiro atoms. The van der Waals surface area contributed by atoms with E-state index >= 15 is 0 Å². The zero-order valence-corrected chi connectivity index (χ0v) is 12.0. The van der Waals surface area contributed by atoms with E-state index in [1.807, 2.05) is 18.7 Å². The third-order valence-corrected chi connectivity index (χ3v) is 3.79. The molecule has 18 heavy (non-hydrogen) atoms. The number of carbonyl (C=O) groups is 2. The normalized spacial score (nSPS) is 12.2. The SMILES string of the molecule is CCN(CC)C(=O)CCCSCCC(N)C(=O)O. The summed E-state index contributed by atoms with van der Waals surface area (Å²) in [5.74, 6) is 0.849. The van der Waals surface area contributed by atoms with Gasteiger partial charge in [0.15, 0.2) is 0 Å². The quantitative estimate of drug-likeness (QED) is 0.585. The lowest BCUT2D eigenvalue weighted by Gasteiger charge is -2.18. The minimum Gasteiger partial charge on any atom is -0.480 e. The summed E-state index contributed by atoms with van der Waals surface area (Å²) in [6.45, 7) is 5.47. The Labute approximate surface area is 113 Å². The number of carboxylic acid groups (broad SMARTS) is 1. The molecule has 6 heteroatoms. The van der Waals surface area contributed by atoms with E-state index in [2.05, 4.69) is 0 Å². The molecule has 0 saturated carbocycles. The Kier molecular flexibility index (Phi) is 9.77. The maximum absolute atomic E-state index is 11.7. The number of hydrogen-bond acceptors (Lipinski definition) is 4. The number of rotatable bonds is 10. The first kappa shape index (κ1) is 17.2. The summed E-state index contributed by atoms with van der Waals surface area (Å²) < 4.78 is 0. The molecule has 0 aliphatic heterocycles. The average Bonchev–Trinajstić information content (AvgIpc) is 2.34. The lowest BCUT2D eigenvalue weighted by atomic mass is 10.2. The minimum absolute atomic E-state index is 0.197. The monoisotopic (exact) mass is 276 g/mol. The maximum Gasteiger partial charge on any atom is 0.320 e. The van der Waals surface area contributed by atoms with Crippen molar-refractivity contribution in [1.82, 2.24) is 4.90 Å². The van der Waals surface area contributed by atoms with Crippen molar-refractivity contribution in [3.05, 3.63) is 0 Å². The molecule has 3 N–H and O–H groups in total. The highest BCUT2D eigenvalue weighted by atomic mass is 32.2. The number of carbonyl (C=O) groups excluding carboxylic acids is 1. The summed E-state index contributed by atoms with van der Waals surface area (Å²) in [7, 11) is 0. The summed E-state index contributed by atoms with van der Waals surface area (Å²) in [5, 5.41) is 8.59. The number of amides is 1. The molecule has 0 aromatic heterocycles. The topological polar surface area (TPSA) is 83.6 Å². The lowest BCUT2D eigenvalue weighted by Crippen LogP contribution is -2.30. The highest BCUT2D eigenvalue weighted by molar-refractivity contribution is 7.99. The largest absolute Gasteiger partial charge is 0.480 e. The molecule has 0 aliphatic rings. The Morgan fingerprint density at radius 3 is 2.39 bits per heavy atom. The van der Waals surface area contributed by atoms with Crippen molar-refractivity contribution in [2.75, 3.05) is 24.6 Å². The van der Waals surface area contributed by atoms with E-state index in [-0.39, 0.29) is 5.91 Å². The molecule has 1 amide bonds. The number of aliphatic carboxylic acids is 1. The Morgan fingerprint density at radius 1 is 1.28 bits per heavy atom. The number of nitrogens with two attached hydrogens (primary N) is 1. The summed E-state index contributed by atoms with van der Waals surface area (Å²) in [6.07, 6.45) is 1.88. The molecule has 0 heterocycles. The molecule has 0 bridgehead atoms. The Morgan fingerprint density at radius 2 is 1.89 bits per heavy atom. The van der Waals surface area contributed by atoms with Gasteiger partial charge in [0.1, 0.15) is 6.04 Å². The molecule has 5 nitrogen and oxygen atoms in total. The van der Waals surface area contributed by atoms with Crippen LogP contribution in [-0.4, -0.2) is 52.5 Å². The van der Waals surface area contributed by atoms with Crippen molar-refractivity contribution in [1.29, 1.82) is 0 Å². The van der Waals surface area contributed by atoms with E-state index in [9.17, 15) is 9.59 Å². The molecule has 0 aromatic carbocycles. The van der Waals surface area contributed by atoms with Crippen LogP contribution >= 0.6 is 11.8 Å². The molecule has 0 rings (SSSR count). The van der Waals surface area contributed by atoms with Gasteiger partial charge in [-0.2, -0.15) is 11.8 Å². The van der Waals surface area contributed by atoms with Crippen LogP contribution in [0.2, 0.25) is 0 Å². The second-order valence-electron chi connectivity index (χ2n) is 4.02. The van der Waals surface area contributed by atoms with Gasteiger partial charge in [0.05, 0.1) is 0 Å². The smallest absolute Gasteiger partial charge is 0.320 e. The van der Waals surface area contributed by atoms with Crippen LogP contribution in [0.1, 0.15) is 33.1 Å². The highest BCUT2D eigenvalue weighted by Crippen LogP contribution is 2.08. The number of nitrogens with zero attached hydrogens (tertiary/aromatic N) is 1. The van der Waals surface area contributed by atoms with Crippen molar-refractivity contribution in [3.63, 3.8) is 0 Å². The predicted molar refractivity (Wildman–Crippen MR) is 74.7 cm³/mol. The fourth-order valence-electron chi connectivity index (χ4n) is 1.50. The summed E-state index contributed by atoms with van der Waals surface area (Å²) in [5.41, 5.74) is 5.38. The Hall–Kier alpha value is -0.750. The lowest BCUT2D eigenvalue weighted by molar-refractivity contribution is -0.138. The van der Waals surface area contributed by atoms with E-state index in [0.29, 0.717) is 12.8 Å². The van der Waals surface area contributed by atoms with Crippen LogP contribution in [0.4, 0.5) is 0 Å². The first-order chi connectivity index (χ1) is 8.52. The first-order valence-electron chi connectivity index (χ1n) is 6.36. The van der Waals surface area contributed by atoms with E-state index in [0.717, 1.165) is 31.0 Å². The van der Waals surface area contributed by atoms with E-state index in [4.69, 9.17) is 10.8 Å². The van der Waals surface area contributed by atoms with Crippen LogP contribution in [-0.2, 0) is 9.59 Å². The van der Waals surface area contributed by atoms with Crippen LogP contribution in [0.25, 0.3) is 0 Å². The van der Waals surface area contributed by atoms with Gasteiger partial charge in [0, 0.05) is 19.5 Å². The molecular formula is C12H24N2O3S. The highest BCUT2D eigenvalue weighted by Gasteiger charge is 2.11. The van der Waals surface area contributed by atoms with Crippen molar-refractivity contribution in [2.45, 2.75) is 39.2 Å². The van der Waals surface area contributed by atoms with E-state index in [1.165, 1.54) is 0 Å². The van der Waals surface area contributed by atoms with Gasteiger partial charge < -0.3 is 15.7 Å². The molecule has 106 valence electrons. The molecule has 0 saturated heterocycles. The van der Waals surface area contributed by atoms with Crippen molar-refractivity contribution >= 4 is 23.6 Å². The molecule has 0 aromatic rings.